The Hall–Kier alpha value is -3.82. The number of nitrogens with one attached hydrogen (secondary N) is 1. The molecule has 0 aliphatic rings. The number of aryl methyl sites for hydroxylation is 1. The fraction of sp³-hybridized carbons (Fsp3) is 0.125. The van der Waals surface area contributed by atoms with Crippen LogP contribution in [0.25, 0.3) is 11.0 Å². The van der Waals surface area contributed by atoms with Gasteiger partial charge in [-0.15, -0.1) is 0 Å². The van der Waals surface area contributed by atoms with Crippen molar-refractivity contribution in [2.75, 3.05) is 5.32 Å². The van der Waals surface area contributed by atoms with Crippen LogP contribution in [0.2, 0.25) is 0 Å². The summed E-state index contributed by atoms with van der Waals surface area (Å²) in [7, 11) is 2.78. The van der Waals surface area contributed by atoms with Crippen LogP contribution in [0.1, 0.15) is 10.4 Å². The van der Waals surface area contributed by atoms with Crippen molar-refractivity contribution in [1.82, 2.24) is 14.1 Å². The van der Waals surface area contributed by atoms with E-state index in [0.29, 0.717) is 0 Å². The number of amides is 1. The first-order valence-electron chi connectivity index (χ1n) is 7.42. The number of aromatic nitrogens is 3. The van der Waals surface area contributed by atoms with Crippen molar-refractivity contribution in [3.8, 4) is 0 Å². The number of carbonyl (C=O) groups is 1. The second-order valence-corrected chi connectivity index (χ2v) is 5.52. The zero-order valence-electron chi connectivity index (χ0n) is 13.8. The highest BCUT2D eigenvalue weighted by Gasteiger charge is 2.17. The minimum Gasteiger partial charge on any atom is -0.321 e. The molecule has 0 spiro atoms. The average Bonchev–Trinajstić information content (AvgIpc) is 2.64. The molecule has 0 aliphatic heterocycles. The van der Waals surface area contributed by atoms with E-state index in [-0.39, 0.29) is 28.0 Å². The number of carbonyl (C=O) groups excluding carboxylic acids is 1. The quantitative estimate of drug-likeness (QED) is 0.546. The van der Waals surface area contributed by atoms with E-state index in [4.69, 9.17) is 0 Å². The van der Waals surface area contributed by atoms with Gasteiger partial charge in [0.25, 0.3) is 17.2 Å². The summed E-state index contributed by atoms with van der Waals surface area (Å²) in [6.45, 7) is 0. The monoisotopic (exact) mass is 355 g/mol. The molecule has 1 aromatic carbocycles. The lowest BCUT2D eigenvalue weighted by Crippen LogP contribution is -2.37. The van der Waals surface area contributed by atoms with Crippen molar-refractivity contribution in [3.63, 3.8) is 0 Å². The molecule has 26 heavy (non-hydrogen) atoms. The van der Waals surface area contributed by atoms with E-state index >= 15 is 0 Å². The minimum absolute atomic E-state index is 0.0609. The van der Waals surface area contributed by atoms with Gasteiger partial charge in [-0.05, 0) is 12.1 Å². The normalized spacial score (nSPS) is 10.7. The number of nitrogens with zero attached hydrogens (tertiary/aromatic N) is 4. The highest BCUT2D eigenvalue weighted by atomic mass is 16.6. The molecule has 0 atom stereocenters. The van der Waals surface area contributed by atoms with E-state index in [2.05, 4.69) is 10.3 Å². The van der Waals surface area contributed by atoms with Crippen LogP contribution in [0.3, 0.4) is 0 Å². The lowest BCUT2D eigenvalue weighted by atomic mass is 10.2. The fourth-order valence-electron chi connectivity index (χ4n) is 2.55. The first-order valence-corrected chi connectivity index (χ1v) is 7.42. The Balaban J connectivity index is 2.11. The van der Waals surface area contributed by atoms with Crippen LogP contribution >= 0.6 is 0 Å². The minimum atomic E-state index is -0.628. The van der Waals surface area contributed by atoms with Crippen LogP contribution in [0.15, 0.2) is 46.1 Å². The molecule has 0 fully saturated rings. The summed E-state index contributed by atoms with van der Waals surface area (Å²) in [4.78, 5) is 51.2. The molecular weight excluding hydrogens is 342 g/mol. The molecule has 2 aromatic heterocycles. The lowest BCUT2D eigenvalue weighted by Gasteiger charge is -2.11. The first kappa shape index (κ1) is 17.0. The van der Waals surface area contributed by atoms with Crippen LogP contribution in [-0.2, 0) is 14.1 Å². The standard InChI is InChI=1S/C16H13N5O5/c1-19-13-12(15(23)20(2)16(19)24)11(6-7-17-13)18-14(22)9-4-3-5-10(8-9)21(25)26/h3-8H,1-2H3,(H,17,18,22). The van der Waals surface area contributed by atoms with Crippen molar-refractivity contribution in [2.45, 2.75) is 0 Å². The van der Waals surface area contributed by atoms with Gasteiger partial charge in [-0.2, -0.15) is 0 Å². The van der Waals surface area contributed by atoms with Gasteiger partial charge >= 0.3 is 5.69 Å². The molecule has 0 bridgehead atoms. The number of nitro groups is 1. The Labute approximate surface area is 145 Å². The third-order valence-corrected chi connectivity index (χ3v) is 3.91. The molecule has 10 nitrogen and oxygen atoms in total. The van der Waals surface area contributed by atoms with E-state index in [1.807, 2.05) is 0 Å². The SMILES string of the molecule is Cn1c(=O)c2c(NC(=O)c3cccc([N+](=O)[O-])c3)ccnc2n(C)c1=O. The number of rotatable bonds is 3. The maximum atomic E-state index is 12.5. The summed E-state index contributed by atoms with van der Waals surface area (Å²) in [5, 5.41) is 13.5. The molecule has 1 N–H and O–H groups in total. The maximum Gasteiger partial charge on any atom is 0.332 e. The van der Waals surface area contributed by atoms with Crippen molar-refractivity contribution in [2.24, 2.45) is 14.1 Å². The largest absolute Gasteiger partial charge is 0.332 e. The van der Waals surface area contributed by atoms with Gasteiger partial charge in [-0.25, -0.2) is 9.78 Å². The second-order valence-electron chi connectivity index (χ2n) is 5.52. The van der Waals surface area contributed by atoms with Crippen LogP contribution in [0.4, 0.5) is 11.4 Å². The van der Waals surface area contributed by atoms with Gasteiger partial charge in [0.1, 0.15) is 5.39 Å². The molecule has 0 saturated heterocycles. The Morgan fingerprint density at radius 3 is 2.62 bits per heavy atom. The van der Waals surface area contributed by atoms with Crippen molar-refractivity contribution >= 4 is 28.3 Å². The number of nitro benzene ring substituents is 1. The number of benzene rings is 1. The predicted octanol–water partition coefficient (Wildman–Crippen LogP) is 0.793. The number of hydrogen-bond donors (Lipinski definition) is 1. The van der Waals surface area contributed by atoms with E-state index < -0.39 is 22.1 Å². The van der Waals surface area contributed by atoms with E-state index in [0.717, 1.165) is 10.6 Å². The highest BCUT2D eigenvalue weighted by molar-refractivity contribution is 6.08. The summed E-state index contributed by atoms with van der Waals surface area (Å²) < 4.78 is 2.10. The summed E-state index contributed by atoms with van der Waals surface area (Å²) in [6.07, 6.45) is 1.35. The molecule has 3 rings (SSSR count). The molecular formula is C16H13N5O5. The molecule has 10 heteroatoms. The Kier molecular flexibility index (Phi) is 4.08. The Morgan fingerprint density at radius 2 is 1.92 bits per heavy atom. The lowest BCUT2D eigenvalue weighted by molar-refractivity contribution is -0.384. The summed E-state index contributed by atoms with van der Waals surface area (Å²) >= 11 is 0. The highest BCUT2D eigenvalue weighted by Crippen LogP contribution is 2.19. The average molecular weight is 355 g/mol. The smallest absolute Gasteiger partial charge is 0.321 e. The topological polar surface area (TPSA) is 129 Å². The van der Waals surface area contributed by atoms with E-state index in [1.54, 1.807) is 0 Å². The summed E-state index contributed by atoms with van der Waals surface area (Å²) in [5.74, 6) is -0.628. The molecule has 132 valence electrons. The van der Waals surface area contributed by atoms with Gasteiger partial charge in [0, 0.05) is 38.0 Å². The van der Waals surface area contributed by atoms with Crippen molar-refractivity contribution in [1.29, 1.82) is 0 Å². The zero-order valence-corrected chi connectivity index (χ0v) is 13.8. The number of pyridine rings is 1. The van der Waals surface area contributed by atoms with Gasteiger partial charge in [0.15, 0.2) is 5.65 Å². The predicted molar refractivity (Wildman–Crippen MR) is 93.3 cm³/mol. The van der Waals surface area contributed by atoms with E-state index in [9.17, 15) is 24.5 Å². The van der Waals surface area contributed by atoms with Gasteiger partial charge in [-0.3, -0.25) is 28.8 Å². The van der Waals surface area contributed by atoms with Crippen LogP contribution in [-0.4, -0.2) is 24.9 Å². The van der Waals surface area contributed by atoms with Crippen LogP contribution < -0.4 is 16.6 Å². The molecule has 3 aromatic rings. The molecule has 0 aliphatic carbocycles. The number of fused-ring (bicyclic) bond motifs is 1. The van der Waals surface area contributed by atoms with Crippen LogP contribution in [0.5, 0.6) is 0 Å². The third kappa shape index (κ3) is 2.73. The van der Waals surface area contributed by atoms with Crippen molar-refractivity contribution in [3.05, 3.63) is 73.0 Å². The molecule has 0 radical (unpaired) electrons. The zero-order chi connectivity index (χ0) is 19.0. The number of hydrogen-bond acceptors (Lipinski definition) is 6. The molecule has 0 saturated carbocycles. The first-order chi connectivity index (χ1) is 12.3. The van der Waals surface area contributed by atoms with Gasteiger partial charge in [0.05, 0.1) is 10.6 Å². The fourth-order valence-corrected chi connectivity index (χ4v) is 2.55. The Bertz CT molecular complexity index is 1180. The number of non-ortho nitro benzene ring substituents is 1. The molecule has 0 unspecified atom stereocenters. The van der Waals surface area contributed by atoms with E-state index in [1.165, 1.54) is 49.1 Å². The third-order valence-electron chi connectivity index (χ3n) is 3.91. The maximum absolute atomic E-state index is 12.5. The van der Waals surface area contributed by atoms with Crippen molar-refractivity contribution < 1.29 is 9.72 Å². The summed E-state index contributed by atoms with van der Waals surface area (Å²) in [6, 6.07) is 6.63. The number of anilines is 1. The molecule has 1 amide bonds. The van der Waals surface area contributed by atoms with Gasteiger partial charge in [-0.1, -0.05) is 6.07 Å². The second kappa shape index (κ2) is 6.24. The van der Waals surface area contributed by atoms with Gasteiger partial charge in [0.2, 0.25) is 0 Å². The molecule has 2 heterocycles. The summed E-state index contributed by atoms with van der Waals surface area (Å²) in [5.41, 5.74) is -1.04. The van der Waals surface area contributed by atoms with Crippen LogP contribution in [0, 0.1) is 10.1 Å². The Morgan fingerprint density at radius 1 is 1.19 bits per heavy atom. The van der Waals surface area contributed by atoms with Gasteiger partial charge < -0.3 is 5.32 Å².